The lowest BCUT2D eigenvalue weighted by atomic mass is 9.96. The van der Waals surface area contributed by atoms with E-state index in [2.05, 4.69) is 72.5 Å². The van der Waals surface area contributed by atoms with Crippen LogP contribution in [0.15, 0.2) is 40.1 Å². The third kappa shape index (κ3) is 4.35. The average Bonchev–Trinajstić information content (AvgIpc) is 3.15. The van der Waals surface area contributed by atoms with Gasteiger partial charge in [-0.25, -0.2) is 9.98 Å². The van der Waals surface area contributed by atoms with Crippen LogP contribution in [0.5, 0.6) is 0 Å². The predicted octanol–water partition coefficient (Wildman–Crippen LogP) is 2.91. The molecule has 24 heavy (non-hydrogen) atoms. The molecule has 0 spiro atoms. The summed E-state index contributed by atoms with van der Waals surface area (Å²) in [5, 5.41) is 10.4. The van der Waals surface area contributed by atoms with Gasteiger partial charge in [0.15, 0.2) is 5.96 Å². The number of aromatic amines is 1. The Morgan fingerprint density at radius 1 is 1.33 bits per heavy atom. The Balaban J connectivity index is 1.61. The fourth-order valence-corrected chi connectivity index (χ4v) is 3.22. The van der Waals surface area contributed by atoms with E-state index < -0.39 is 0 Å². The molecule has 0 aliphatic carbocycles. The summed E-state index contributed by atoms with van der Waals surface area (Å²) in [5.74, 6) is 2.47. The van der Waals surface area contributed by atoms with E-state index in [0.717, 1.165) is 48.7 Å². The lowest BCUT2D eigenvalue weighted by molar-refractivity contribution is 0.299. The quantitative estimate of drug-likeness (QED) is 0.621. The van der Waals surface area contributed by atoms with Gasteiger partial charge < -0.3 is 10.2 Å². The van der Waals surface area contributed by atoms with Gasteiger partial charge in [0.2, 0.25) is 0 Å². The Morgan fingerprint density at radius 3 is 2.71 bits per heavy atom. The molecular formula is C17H23BrN6. The number of aliphatic imine (C=N–C) groups is 1. The van der Waals surface area contributed by atoms with Crippen LogP contribution in [0.3, 0.4) is 0 Å². The Kier molecular flexibility index (Phi) is 5.85. The molecule has 2 aromatic rings. The van der Waals surface area contributed by atoms with E-state index >= 15 is 0 Å². The third-order valence-corrected chi connectivity index (χ3v) is 4.80. The second kappa shape index (κ2) is 8.28. The minimum Gasteiger partial charge on any atom is -0.357 e. The van der Waals surface area contributed by atoms with Gasteiger partial charge in [-0.3, -0.25) is 5.10 Å². The first kappa shape index (κ1) is 17.0. The van der Waals surface area contributed by atoms with E-state index in [1.165, 1.54) is 5.56 Å². The number of nitrogens with zero attached hydrogens (tertiary/aromatic N) is 4. The summed E-state index contributed by atoms with van der Waals surface area (Å²) in [4.78, 5) is 11.4. The van der Waals surface area contributed by atoms with Crippen LogP contribution < -0.4 is 5.32 Å². The monoisotopic (exact) mass is 390 g/mol. The minimum atomic E-state index is 0.470. The molecule has 1 aliphatic rings. The number of aromatic nitrogens is 3. The highest BCUT2D eigenvalue weighted by molar-refractivity contribution is 9.10. The molecule has 0 atom stereocenters. The van der Waals surface area contributed by atoms with Gasteiger partial charge in [0.25, 0.3) is 0 Å². The minimum absolute atomic E-state index is 0.470. The number of benzene rings is 1. The number of H-pyrrole nitrogens is 1. The van der Waals surface area contributed by atoms with Crippen LogP contribution in [-0.2, 0) is 6.54 Å². The summed E-state index contributed by atoms with van der Waals surface area (Å²) in [6.45, 7) is 5.64. The van der Waals surface area contributed by atoms with E-state index in [0.29, 0.717) is 12.5 Å². The maximum Gasteiger partial charge on any atom is 0.194 e. The summed E-state index contributed by atoms with van der Waals surface area (Å²) in [6.07, 6.45) is 3.72. The van der Waals surface area contributed by atoms with Gasteiger partial charge in [0, 0.05) is 30.0 Å². The van der Waals surface area contributed by atoms with Crippen LogP contribution in [0.1, 0.15) is 37.1 Å². The van der Waals surface area contributed by atoms with Crippen molar-refractivity contribution in [2.24, 2.45) is 4.99 Å². The smallest absolute Gasteiger partial charge is 0.194 e. The second-order valence-electron chi connectivity index (χ2n) is 5.93. The molecule has 0 bridgehead atoms. The Bertz CT molecular complexity index is 644. The zero-order valence-electron chi connectivity index (χ0n) is 13.9. The molecule has 6 nitrogen and oxygen atoms in total. The van der Waals surface area contributed by atoms with Crippen molar-refractivity contribution in [2.75, 3.05) is 19.6 Å². The number of guanidine groups is 1. The summed E-state index contributed by atoms with van der Waals surface area (Å²) < 4.78 is 1.09. The number of rotatable bonds is 4. The van der Waals surface area contributed by atoms with Crippen LogP contribution in [0.2, 0.25) is 0 Å². The third-order valence-electron chi connectivity index (χ3n) is 4.27. The molecule has 3 rings (SSSR count). The lowest BCUT2D eigenvalue weighted by Gasteiger charge is -2.33. The second-order valence-corrected chi connectivity index (χ2v) is 6.84. The van der Waals surface area contributed by atoms with E-state index in [-0.39, 0.29) is 0 Å². The van der Waals surface area contributed by atoms with Crippen molar-refractivity contribution in [3.8, 4) is 0 Å². The van der Waals surface area contributed by atoms with Crippen LogP contribution in [0.4, 0.5) is 0 Å². The van der Waals surface area contributed by atoms with Crippen molar-refractivity contribution in [1.82, 2.24) is 25.4 Å². The molecule has 1 saturated heterocycles. The highest BCUT2D eigenvalue weighted by Crippen LogP contribution is 2.25. The molecule has 2 heterocycles. The van der Waals surface area contributed by atoms with Gasteiger partial charge in [0.05, 0.1) is 6.54 Å². The molecule has 1 aromatic carbocycles. The van der Waals surface area contributed by atoms with Crippen molar-refractivity contribution in [3.05, 3.63) is 46.5 Å². The first-order chi connectivity index (χ1) is 11.8. The van der Waals surface area contributed by atoms with Crippen LogP contribution in [0.25, 0.3) is 0 Å². The average molecular weight is 391 g/mol. The van der Waals surface area contributed by atoms with Gasteiger partial charge in [0.1, 0.15) is 12.2 Å². The lowest BCUT2D eigenvalue weighted by Crippen LogP contribution is -2.45. The summed E-state index contributed by atoms with van der Waals surface area (Å²) >= 11 is 3.47. The van der Waals surface area contributed by atoms with Crippen LogP contribution in [-0.4, -0.2) is 45.7 Å². The van der Waals surface area contributed by atoms with Crippen molar-refractivity contribution < 1.29 is 0 Å². The number of halogens is 1. The molecule has 1 aromatic heterocycles. The van der Waals surface area contributed by atoms with Gasteiger partial charge in [-0.1, -0.05) is 28.1 Å². The molecule has 0 amide bonds. The molecule has 0 saturated carbocycles. The van der Waals surface area contributed by atoms with Gasteiger partial charge >= 0.3 is 0 Å². The van der Waals surface area contributed by atoms with E-state index in [1.807, 2.05) is 0 Å². The van der Waals surface area contributed by atoms with Crippen LogP contribution in [0, 0.1) is 0 Å². The zero-order chi connectivity index (χ0) is 16.8. The number of likely N-dealkylation sites (tertiary alicyclic amines) is 1. The molecule has 7 heteroatoms. The Morgan fingerprint density at radius 2 is 2.08 bits per heavy atom. The SMILES string of the molecule is CCNC(=NCc1ccc(Br)cc1)N1CCC(c2ncn[nH]2)CC1. The number of hydrogen-bond donors (Lipinski definition) is 2. The highest BCUT2D eigenvalue weighted by atomic mass is 79.9. The molecule has 128 valence electrons. The summed E-state index contributed by atoms with van der Waals surface area (Å²) in [6, 6.07) is 8.32. The first-order valence-electron chi connectivity index (χ1n) is 8.39. The predicted molar refractivity (Wildman–Crippen MR) is 98.9 cm³/mol. The number of hydrogen-bond acceptors (Lipinski definition) is 3. The van der Waals surface area contributed by atoms with Crippen molar-refractivity contribution in [1.29, 1.82) is 0 Å². The summed E-state index contributed by atoms with van der Waals surface area (Å²) in [7, 11) is 0. The molecule has 1 aliphatic heterocycles. The normalized spacial score (nSPS) is 16.4. The van der Waals surface area contributed by atoms with Crippen molar-refractivity contribution in [3.63, 3.8) is 0 Å². The van der Waals surface area contributed by atoms with Gasteiger partial charge in [-0.05, 0) is 37.5 Å². The number of piperidine rings is 1. The van der Waals surface area contributed by atoms with E-state index in [4.69, 9.17) is 4.99 Å². The maximum atomic E-state index is 4.81. The largest absolute Gasteiger partial charge is 0.357 e. The number of nitrogens with one attached hydrogen (secondary N) is 2. The maximum absolute atomic E-state index is 4.81. The van der Waals surface area contributed by atoms with Gasteiger partial charge in [-0.2, -0.15) is 5.10 Å². The van der Waals surface area contributed by atoms with Crippen LogP contribution >= 0.6 is 15.9 Å². The van der Waals surface area contributed by atoms with E-state index in [1.54, 1.807) is 6.33 Å². The first-order valence-corrected chi connectivity index (χ1v) is 9.18. The molecule has 1 fully saturated rings. The molecular weight excluding hydrogens is 368 g/mol. The zero-order valence-corrected chi connectivity index (χ0v) is 15.5. The topological polar surface area (TPSA) is 69.2 Å². The summed E-state index contributed by atoms with van der Waals surface area (Å²) in [5.41, 5.74) is 1.21. The van der Waals surface area contributed by atoms with Crippen molar-refractivity contribution in [2.45, 2.75) is 32.2 Å². The fraction of sp³-hybridized carbons (Fsp3) is 0.471. The van der Waals surface area contributed by atoms with Gasteiger partial charge in [-0.15, -0.1) is 0 Å². The molecule has 0 unspecified atom stereocenters. The standard InChI is InChI=1S/C17H23BrN6/c1-2-19-17(20-11-13-3-5-15(18)6-4-13)24-9-7-14(8-10-24)16-21-12-22-23-16/h3-6,12,14H,2,7-11H2,1H3,(H,19,20)(H,21,22,23). The fourth-order valence-electron chi connectivity index (χ4n) is 2.96. The molecule has 0 radical (unpaired) electrons. The highest BCUT2D eigenvalue weighted by Gasteiger charge is 2.24. The van der Waals surface area contributed by atoms with E-state index in [9.17, 15) is 0 Å². The Hall–Kier alpha value is -1.89. The molecule has 2 N–H and O–H groups in total. The van der Waals surface area contributed by atoms with Crippen molar-refractivity contribution >= 4 is 21.9 Å². The Labute approximate surface area is 150 Å².